The summed E-state index contributed by atoms with van der Waals surface area (Å²) in [7, 11) is -4.34. The number of allylic oxidation sites excluding steroid dienone is 1. The maximum Gasteiger partial charge on any atom is 0.642 e. The van der Waals surface area contributed by atoms with E-state index >= 15 is 8.63 Å². The first-order valence-corrected chi connectivity index (χ1v) is 18.9. The van der Waals surface area contributed by atoms with Crippen molar-refractivity contribution in [2.75, 3.05) is 12.4 Å². The molecule has 9 rings (SSSR count). The summed E-state index contributed by atoms with van der Waals surface area (Å²) in [5.74, 6) is 0.527. The summed E-state index contributed by atoms with van der Waals surface area (Å²) in [4.78, 5) is 5.28. The molecule has 4 aliphatic rings. The normalized spacial score (nSPS) is 16.8. The first kappa shape index (κ1) is 31.8. The molecule has 256 valence electrons. The third kappa shape index (κ3) is 5.12. The number of fused-ring (bicyclic) bond motifs is 9. The molecule has 0 bridgehead atoms. The van der Waals surface area contributed by atoms with Crippen LogP contribution < -0.4 is 4.74 Å². The minimum absolute atomic E-state index is 0.0521. The number of amidine groups is 1. The van der Waals surface area contributed by atoms with E-state index in [1.807, 2.05) is 91.9 Å². The largest absolute Gasteiger partial charge is 0.748 e. The Morgan fingerprint density at radius 3 is 2.29 bits per heavy atom. The van der Waals surface area contributed by atoms with Gasteiger partial charge < -0.3 is 26.9 Å². The first-order chi connectivity index (χ1) is 24.6. The van der Waals surface area contributed by atoms with Crippen LogP contribution in [0.2, 0.25) is 0 Å². The molecule has 3 heterocycles. The second kappa shape index (κ2) is 11.7. The fourth-order valence-electron chi connectivity index (χ4n) is 8.38. The summed E-state index contributed by atoms with van der Waals surface area (Å²) in [5.41, 5.74) is 10.4. The van der Waals surface area contributed by atoms with Gasteiger partial charge in [0, 0.05) is 22.6 Å². The Labute approximate surface area is 295 Å². The lowest BCUT2D eigenvalue weighted by atomic mass is 9.82. The number of aromatic nitrogens is 1. The van der Waals surface area contributed by atoms with Gasteiger partial charge in [-0.25, -0.2) is 8.42 Å². The topological polar surface area (TPSA) is 86.7 Å². The van der Waals surface area contributed by atoms with E-state index in [2.05, 4.69) is 6.07 Å². The van der Waals surface area contributed by atoms with E-state index in [-0.39, 0.29) is 24.7 Å². The fraction of sp³-hybridized carbons (Fsp3) is 0.200. The highest BCUT2D eigenvalue weighted by Crippen LogP contribution is 2.52. The minimum atomic E-state index is -4.46. The molecule has 0 radical (unpaired) electrons. The monoisotopic (exact) mass is 700 g/mol. The molecule has 11 heteroatoms. The lowest BCUT2D eigenvalue weighted by Gasteiger charge is -2.34. The fourth-order valence-corrected chi connectivity index (χ4v) is 8.85. The number of halogens is 2. The van der Waals surface area contributed by atoms with E-state index in [9.17, 15) is 13.0 Å². The van der Waals surface area contributed by atoms with Crippen molar-refractivity contribution in [1.82, 2.24) is 4.48 Å². The van der Waals surface area contributed by atoms with Crippen molar-refractivity contribution in [2.24, 2.45) is 4.99 Å². The second-order valence-electron chi connectivity index (χ2n) is 13.7. The van der Waals surface area contributed by atoms with Crippen molar-refractivity contribution >= 4 is 40.0 Å². The quantitative estimate of drug-likeness (QED) is 0.0989. The van der Waals surface area contributed by atoms with Crippen LogP contribution in [0.4, 0.5) is 14.4 Å². The van der Waals surface area contributed by atoms with Gasteiger partial charge in [-0.3, -0.25) is 0 Å². The summed E-state index contributed by atoms with van der Waals surface area (Å²) in [6, 6.07) is 30.9. The zero-order valence-electron chi connectivity index (χ0n) is 27.9. The Morgan fingerprint density at radius 1 is 0.863 bits per heavy atom. The van der Waals surface area contributed by atoms with Crippen molar-refractivity contribution in [3.05, 3.63) is 136 Å². The van der Waals surface area contributed by atoms with Crippen LogP contribution in [0.15, 0.2) is 108 Å². The van der Waals surface area contributed by atoms with Crippen LogP contribution in [-0.4, -0.2) is 52.8 Å². The lowest BCUT2D eigenvalue weighted by Crippen LogP contribution is -2.53. The molecule has 0 N–H and O–H groups in total. The standard InChI is InChI=1S/C40H34BF2N3O4S/c1-25-13-17-31-28(23-25)14-18-33-35(26-9-4-2-5-10-26)39-44-40-36(27-11-6-3-7-12-27)34-19-15-29-24-30(50-21-8-22-51(47,48)49)16-20-32(29)38(34)46(40)41(42,43)45(39)37(31)33/h2-7,9-13,16-17,20,23-24H,8,14-15,18-19,21-22H2,1H3,(H,47,48,49)/p-1. The molecule has 4 aromatic carbocycles. The van der Waals surface area contributed by atoms with Crippen molar-refractivity contribution in [1.29, 1.82) is 0 Å². The highest BCUT2D eigenvalue weighted by atomic mass is 32.2. The average Bonchev–Trinajstić information content (AvgIpc) is 3.64. The van der Waals surface area contributed by atoms with Gasteiger partial charge in [-0.05, 0) is 95.6 Å². The Kier molecular flexibility index (Phi) is 7.31. The summed E-state index contributed by atoms with van der Waals surface area (Å²) in [6.07, 6.45) is 2.57. The van der Waals surface area contributed by atoms with Crippen LogP contribution in [0.5, 0.6) is 5.75 Å². The van der Waals surface area contributed by atoms with Gasteiger partial charge in [0.15, 0.2) is 0 Å². The third-order valence-electron chi connectivity index (χ3n) is 10.5. The zero-order valence-corrected chi connectivity index (χ0v) is 28.7. The summed E-state index contributed by atoms with van der Waals surface area (Å²) in [6.45, 7) is -2.38. The SMILES string of the molecule is Cc1ccc2c(c1)CCc1c(-c3ccccc3)c3n(c1-2)[B-](F)(F)[N+]1=C2C(=C(c4ccccc4)C1=N3)CCc1cc(OCCCS(=O)(=O)[O-])ccc12. The number of nitrogens with zero attached hydrogens (tertiary/aromatic N) is 3. The number of hydrogen-bond donors (Lipinski definition) is 0. The molecule has 5 aromatic rings. The Hall–Kier alpha value is -5.13. The Morgan fingerprint density at radius 2 is 1.55 bits per heavy atom. The predicted molar refractivity (Wildman–Crippen MR) is 195 cm³/mol. The predicted octanol–water partition coefficient (Wildman–Crippen LogP) is 7.72. The highest BCUT2D eigenvalue weighted by Gasteiger charge is 2.56. The second-order valence-corrected chi connectivity index (χ2v) is 15.2. The third-order valence-corrected chi connectivity index (χ3v) is 11.3. The van der Waals surface area contributed by atoms with E-state index in [1.54, 1.807) is 6.07 Å². The van der Waals surface area contributed by atoms with Crippen molar-refractivity contribution in [3.8, 4) is 28.1 Å². The summed E-state index contributed by atoms with van der Waals surface area (Å²) >= 11 is 0. The molecule has 0 spiro atoms. The average molecular weight is 701 g/mol. The number of aliphatic imine (C=N–C) groups is 1. The van der Waals surface area contributed by atoms with Crippen LogP contribution in [0, 0.1) is 6.92 Å². The maximum absolute atomic E-state index is 18.1. The van der Waals surface area contributed by atoms with Crippen LogP contribution >= 0.6 is 0 Å². The molecule has 2 aliphatic carbocycles. The Balaban J connectivity index is 1.28. The van der Waals surface area contributed by atoms with Gasteiger partial charge in [-0.2, -0.15) is 0 Å². The van der Waals surface area contributed by atoms with E-state index in [4.69, 9.17) is 9.73 Å². The highest BCUT2D eigenvalue weighted by molar-refractivity contribution is 7.85. The van der Waals surface area contributed by atoms with Gasteiger partial charge in [0.1, 0.15) is 5.75 Å². The number of benzene rings is 4. The van der Waals surface area contributed by atoms with Gasteiger partial charge in [0.05, 0.1) is 33.6 Å². The number of rotatable bonds is 7. The van der Waals surface area contributed by atoms with Gasteiger partial charge in [0.25, 0.3) is 5.84 Å². The van der Waals surface area contributed by atoms with Crippen molar-refractivity contribution in [2.45, 2.75) is 39.0 Å². The van der Waals surface area contributed by atoms with Gasteiger partial charge >= 0.3 is 6.97 Å². The summed E-state index contributed by atoms with van der Waals surface area (Å²) < 4.78 is 77.6. The molecule has 2 aliphatic heterocycles. The maximum atomic E-state index is 18.1. The molecule has 0 amide bonds. The number of aryl methyl sites for hydroxylation is 3. The molecule has 0 unspecified atom stereocenters. The molecule has 0 atom stereocenters. The smallest absolute Gasteiger partial charge is 0.642 e. The van der Waals surface area contributed by atoms with Crippen LogP contribution in [0.1, 0.15) is 46.2 Å². The molecular weight excluding hydrogens is 667 g/mol. The van der Waals surface area contributed by atoms with E-state index < -0.39 is 22.8 Å². The van der Waals surface area contributed by atoms with Crippen molar-refractivity contribution in [3.63, 3.8) is 0 Å². The van der Waals surface area contributed by atoms with E-state index in [0.29, 0.717) is 42.0 Å². The molecular formula is C40H33BF2N3O4S-. The minimum Gasteiger partial charge on any atom is -0.748 e. The van der Waals surface area contributed by atoms with Gasteiger partial charge in [0.2, 0.25) is 5.82 Å². The Bertz CT molecular complexity index is 2490. The van der Waals surface area contributed by atoms with Gasteiger partial charge in [-0.1, -0.05) is 84.4 Å². The molecule has 7 nitrogen and oxygen atoms in total. The molecule has 0 saturated heterocycles. The number of hydrogen-bond acceptors (Lipinski definition) is 5. The molecule has 0 saturated carbocycles. The molecule has 1 aromatic heterocycles. The van der Waals surface area contributed by atoms with Gasteiger partial charge in [-0.15, -0.1) is 0 Å². The van der Waals surface area contributed by atoms with E-state index in [0.717, 1.165) is 62.1 Å². The van der Waals surface area contributed by atoms with Crippen LogP contribution in [0.3, 0.4) is 0 Å². The zero-order chi connectivity index (χ0) is 35.1. The molecule has 0 fully saturated rings. The van der Waals surface area contributed by atoms with E-state index in [1.165, 1.54) is 8.96 Å². The summed E-state index contributed by atoms with van der Waals surface area (Å²) in [5, 5.41) is 0. The lowest BCUT2D eigenvalue weighted by molar-refractivity contribution is -0.291. The van der Waals surface area contributed by atoms with Crippen LogP contribution in [-0.2, 0) is 29.4 Å². The van der Waals surface area contributed by atoms with Crippen LogP contribution in [0.25, 0.3) is 28.0 Å². The molecule has 51 heavy (non-hydrogen) atoms. The van der Waals surface area contributed by atoms with Crippen molar-refractivity contribution < 1.29 is 30.8 Å². The first-order valence-electron chi connectivity index (χ1n) is 17.3. The number of ether oxygens (including phenoxy) is 1.